The van der Waals surface area contributed by atoms with E-state index in [1.807, 2.05) is 45.0 Å². The lowest BCUT2D eigenvalue weighted by Gasteiger charge is -2.17. The normalized spacial score (nSPS) is 12.0. The van der Waals surface area contributed by atoms with Crippen molar-refractivity contribution in [2.45, 2.75) is 39.7 Å². The van der Waals surface area contributed by atoms with E-state index in [1.165, 1.54) is 16.9 Å². The van der Waals surface area contributed by atoms with Crippen LogP contribution in [0.1, 0.15) is 30.8 Å². The van der Waals surface area contributed by atoms with Gasteiger partial charge in [-0.2, -0.15) is 0 Å². The summed E-state index contributed by atoms with van der Waals surface area (Å²) in [4.78, 5) is 12.3. The molecule has 2 N–H and O–H groups in total. The van der Waals surface area contributed by atoms with Crippen LogP contribution in [0.2, 0.25) is 0 Å². The second-order valence-electron chi connectivity index (χ2n) is 4.81. The molecule has 0 saturated carbocycles. The molecule has 0 fully saturated rings. The van der Waals surface area contributed by atoms with E-state index in [0.717, 1.165) is 17.1 Å². The minimum atomic E-state index is -0.290. The van der Waals surface area contributed by atoms with Crippen LogP contribution in [-0.2, 0) is 11.2 Å². The van der Waals surface area contributed by atoms with Crippen LogP contribution in [0, 0.1) is 6.92 Å². The van der Waals surface area contributed by atoms with Crippen LogP contribution in [0.5, 0.6) is 0 Å². The number of hydrogen-bond donors (Lipinski definition) is 2. The Balaban J connectivity index is 1.99. The van der Waals surface area contributed by atoms with E-state index < -0.39 is 0 Å². The molecule has 1 amide bonds. The lowest BCUT2D eigenvalue weighted by Crippen LogP contribution is -2.34. The second kappa shape index (κ2) is 7.17. The molecule has 0 spiro atoms. The third-order valence-corrected chi connectivity index (χ3v) is 4.10. The summed E-state index contributed by atoms with van der Waals surface area (Å²) in [6.45, 7) is 6.03. The Kier molecular flexibility index (Phi) is 5.27. The highest BCUT2D eigenvalue weighted by Crippen LogP contribution is 2.17. The Morgan fingerprint density at radius 2 is 1.95 bits per heavy atom. The standard InChI is InChI=1S/C15H20N4OS/c1-4-12(16-11-8-6-10(3)7-9-11)14(20)17-15-19-18-13(5-2)21-15/h6-9,12,16H,4-5H2,1-3H3,(H,17,19,20)/t12-/m0/s1. The molecule has 1 aromatic heterocycles. The van der Waals surface area contributed by atoms with Crippen molar-refractivity contribution in [2.24, 2.45) is 0 Å². The van der Waals surface area contributed by atoms with Gasteiger partial charge in [-0.25, -0.2) is 0 Å². The molecular weight excluding hydrogens is 284 g/mol. The predicted octanol–water partition coefficient (Wildman–Crippen LogP) is 3.24. The molecule has 0 saturated heterocycles. The van der Waals surface area contributed by atoms with Crippen LogP contribution in [0.25, 0.3) is 0 Å². The van der Waals surface area contributed by atoms with Gasteiger partial charge in [-0.05, 0) is 31.9 Å². The number of carbonyl (C=O) groups excluding carboxylic acids is 1. The molecule has 21 heavy (non-hydrogen) atoms. The van der Waals surface area contributed by atoms with Crippen LogP contribution in [0.15, 0.2) is 24.3 Å². The van der Waals surface area contributed by atoms with Gasteiger partial charge >= 0.3 is 0 Å². The molecular formula is C15H20N4OS. The highest BCUT2D eigenvalue weighted by Gasteiger charge is 2.17. The highest BCUT2D eigenvalue weighted by molar-refractivity contribution is 7.15. The SMILES string of the molecule is CCc1nnc(NC(=O)[C@H](CC)Nc2ccc(C)cc2)s1. The topological polar surface area (TPSA) is 66.9 Å². The van der Waals surface area contributed by atoms with Crippen LogP contribution in [0.4, 0.5) is 10.8 Å². The number of carbonyl (C=O) groups is 1. The maximum atomic E-state index is 12.3. The van der Waals surface area contributed by atoms with Crippen molar-refractivity contribution in [1.82, 2.24) is 10.2 Å². The smallest absolute Gasteiger partial charge is 0.248 e. The minimum Gasteiger partial charge on any atom is -0.374 e. The first-order chi connectivity index (χ1) is 10.1. The molecule has 0 aliphatic rings. The number of hydrogen-bond acceptors (Lipinski definition) is 5. The van der Waals surface area contributed by atoms with Gasteiger partial charge in [-0.15, -0.1) is 10.2 Å². The number of aromatic nitrogens is 2. The molecule has 5 nitrogen and oxygen atoms in total. The van der Waals surface area contributed by atoms with Crippen molar-refractivity contribution < 1.29 is 4.79 Å². The number of aryl methyl sites for hydroxylation is 2. The first-order valence-corrected chi connectivity index (χ1v) is 7.90. The summed E-state index contributed by atoms with van der Waals surface area (Å²) in [7, 11) is 0. The molecule has 1 aromatic carbocycles. The fourth-order valence-corrected chi connectivity index (χ4v) is 2.53. The van der Waals surface area contributed by atoms with Crippen LogP contribution in [-0.4, -0.2) is 22.1 Å². The molecule has 6 heteroatoms. The number of amides is 1. The summed E-state index contributed by atoms with van der Waals surface area (Å²) in [6, 6.07) is 7.70. The number of nitrogens with one attached hydrogen (secondary N) is 2. The molecule has 112 valence electrons. The Bertz CT molecular complexity index is 594. The van der Waals surface area contributed by atoms with Gasteiger partial charge in [0.2, 0.25) is 11.0 Å². The molecule has 1 heterocycles. The largest absolute Gasteiger partial charge is 0.374 e. The summed E-state index contributed by atoms with van der Waals surface area (Å²) in [5.41, 5.74) is 2.13. The average molecular weight is 304 g/mol. The molecule has 0 unspecified atom stereocenters. The van der Waals surface area contributed by atoms with Crippen molar-refractivity contribution in [3.8, 4) is 0 Å². The van der Waals surface area contributed by atoms with Crippen molar-refractivity contribution in [3.63, 3.8) is 0 Å². The van der Waals surface area contributed by atoms with Gasteiger partial charge in [0.1, 0.15) is 11.0 Å². The maximum absolute atomic E-state index is 12.3. The number of rotatable bonds is 6. The van der Waals surface area contributed by atoms with Gasteiger partial charge in [0.15, 0.2) is 0 Å². The van der Waals surface area contributed by atoms with E-state index in [-0.39, 0.29) is 11.9 Å². The van der Waals surface area contributed by atoms with Crippen molar-refractivity contribution in [2.75, 3.05) is 10.6 Å². The summed E-state index contributed by atoms with van der Waals surface area (Å²) in [6.07, 6.45) is 1.52. The van der Waals surface area contributed by atoms with Crippen molar-refractivity contribution >= 4 is 28.1 Å². The molecule has 0 aliphatic carbocycles. The van der Waals surface area contributed by atoms with Gasteiger partial charge < -0.3 is 5.32 Å². The zero-order chi connectivity index (χ0) is 15.2. The summed E-state index contributed by atoms with van der Waals surface area (Å²) in [5.74, 6) is -0.0862. The van der Waals surface area contributed by atoms with E-state index in [2.05, 4.69) is 20.8 Å². The van der Waals surface area contributed by atoms with Gasteiger partial charge in [0.25, 0.3) is 0 Å². The number of benzene rings is 1. The maximum Gasteiger partial charge on any atom is 0.248 e. The van der Waals surface area contributed by atoms with Gasteiger partial charge in [0.05, 0.1) is 0 Å². The van der Waals surface area contributed by atoms with Gasteiger partial charge in [-0.1, -0.05) is 42.9 Å². The fraction of sp³-hybridized carbons (Fsp3) is 0.400. The highest BCUT2D eigenvalue weighted by atomic mass is 32.1. The van der Waals surface area contributed by atoms with Crippen molar-refractivity contribution in [3.05, 3.63) is 34.8 Å². The lowest BCUT2D eigenvalue weighted by molar-refractivity contribution is -0.117. The van der Waals surface area contributed by atoms with E-state index in [4.69, 9.17) is 0 Å². The quantitative estimate of drug-likeness (QED) is 0.860. The second-order valence-corrected chi connectivity index (χ2v) is 5.88. The zero-order valence-corrected chi connectivity index (χ0v) is 13.3. The fourth-order valence-electron chi connectivity index (χ4n) is 1.84. The van der Waals surface area contributed by atoms with Crippen LogP contribution < -0.4 is 10.6 Å². The van der Waals surface area contributed by atoms with E-state index >= 15 is 0 Å². The average Bonchev–Trinajstić information content (AvgIpc) is 2.94. The van der Waals surface area contributed by atoms with E-state index in [9.17, 15) is 4.79 Å². The summed E-state index contributed by atoms with van der Waals surface area (Å²) in [5, 5.41) is 15.5. The first-order valence-electron chi connectivity index (χ1n) is 7.08. The summed E-state index contributed by atoms with van der Waals surface area (Å²) >= 11 is 1.42. The Labute approximate surface area is 128 Å². The third kappa shape index (κ3) is 4.26. The Hall–Kier alpha value is -1.95. The van der Waals surface area contributed by atoms with Crippen molar-refractivity contribution in [1.29, 1.82) is 0 Å². The van der Waals surface area contributed by atoms with Crippen LogP contribution >= 0.6 is 11.3 Å². The zero-order valence-electron chi connectivity index (χ0n) is 12.5. The molecule has 0 aliphatic heterocycles. The van der Waals surface area contributed by atoms with E-state index in [1.54, 1.807) is 0 Å². The minimum absolute atomic E-state index is 0.0862. The predicted molar refractivity (Wildman–Crippen MR) is 86.8 cm³/mol. The van der Waals surface area contributed by atoms with Gasteiger partial charge in [0, 0.05) is 5.69 Å². The summed E-state index contributed by atoms with van der Waals surface area (Å²) < 4.78 is 0. The molecule has 0 bridgehead atoms. The molecule has 1 atom stereocenters. The van der Waals surface area contributed by atoms with E-state index in [0.29, 0.717) is 11.6 Å². The van der Waals surface area contributed by atoms with Crippen LogP contribution in [0.3, 0.4) is 0 Å². The molecule has 0 radical (unpaired) electrons. The number of anilines is 2. The third-order valence-electron chi connectivity index (χ3n) is 3.12. The lowest BCUT2D eigenvalue weighted by atomic mass is 10.1. The first kappa shape index (κ1) is 15.4. The monoisotopic (exact) mass is 304 g/mol. The molecule has 2 rings (SSSR count). The Morgan fingerprint density at radius 3 is 2.52 bits per heavy atom. The number of nitrogens with zero attached hydrogens (tertiary/aromatic N) is 2. The van der Waals surface area contributed by atoms with Gasteiger partial charge in [-0.3, -0.25) is 10.1 Å². The molecule has 2 aromatic rings. The Morgan fingerprint density at radius 1 is 1.24 bits per heavy atom.